The van der Waals surface area contributed by atoms with E-state index in [2.05, 4.69) is 41.0 Å². The summed E-state index contributed by atoms with van der Waals surface area (Å²) >= 11 is 0. The highest BCUT2D eigenvalue weighted by molar-refractivity contribution is 6.01. The van der Waals surface area contributed by atoms with Gasteiger partial charge in [0, 0.05) is 17.7 Å². The number of ether oxygens (including phenoxy) is 1. The zero-order valence-corrected chi connectivity index (χ0v) is 17.6. The van der Waals surface area contributed by atoms with Gasteiger partial charge in [0.15, 0.2) is 5.78 Å². The van der Waals surface area contributed by atoms with Crippen molar-refractivity contribution in [2.24, 2.45) is 0 Å². The van der Waals surface area contributed by atoms with Crippen LogP contribution in [0.1, 0.15) is 42.9 Å². The van der Waals surface area contributed by atoms with Crippen LogP contribution in [0.5, 0.6) is 5.75 Å². The summed E-state index contributed by atoms with van der Waals surface area (Å²) < 4.78 is 5.73. The number of hydrogen-bond acceptors (Lipinski definition) is 4. The first-order chi connectivity index (χ1) is 15.2. The Hall–Kier alpha value is -3.53. The molecule has 0 saturated heterocycles. The van der Waals surface area contributed by atoms with Crippen LogP contribution in [0.2, 0.25) is 0 Å². The number of carbonyl (C=O) groups is 1. The Bertz CT molecular complexity index is 1140. The lowest BCUT2D eigenvalue weighted by Gasteiger charge is -2.30. The largest absolute Gasteiger partial charge is 0.494 e. The minimum atomic E-state index is -0.226. The Morgan fingerprint density at radius 1 is 0.871 bits per heavy atom. The van der Waals surface area contributed by atoms with Gasteiger partial charge in [-0.1, -0.05) is 54.6 Å². The lowest BCUT2D eigenvalue weighted by Crippen LogP contribution is -2.26. The third kappa shape index (κ3) is 3.81. The second-order valence-corrected chi connectivity index (χ2v) is 8.08. The third-order valence-corrected chi connectivity index (χ3v) is 6.08. The number of fused-ring (bicyclic) bond motifs is 1. The smallest absolute Gasteiger partial charge is 0.163 e. The van der Waals surface area contributed by atoms with Crippen LogP contribution in [0.25, 0.3) is 0 Å². The molecule has 1 aliphatic carbocycles. The molecule has 0 amide bonds. The van der Waals surface area contributed by atoms with Crippen LogP contribution in [0.4, 0.5) is 11.4 Å². The number of Topliss-reactive ketones (excluding diaryl/α,β-unsaturated/α-hetero) is 1. The van der Waals surface area contributed by atoms with E-state index in [-0.39, 0.29) is 17.7 Å². The number of hydrogen-bond donors (Lipinski definition) is 2. The van der Waals surface area contributed by atoms with Crippen molar-refractivity contribution in [1.82, 2.24) is 0 Å². The van der Waals surface area contributed by atoms with Crippen molar-refractivity contribution < 1.29 is 9.53 Å². The van der Waals surface area contributed by atoms with Crippen molar-refractivity contribution in [2.75, 3.05) is 17.2 Å². The standard InChI is InChI=1S/C27H26N2O2/c1-2-31-21-12-8-11-19(15-21)27-26-24(28-22-13-6-7-14-23(22)29-27)16-20(17-25(26)30)18-9-4-3-5-10-18/h3-15,20,27-29H,2,16-17H2,1H3/t20-,27-/m1/s1. The molecule has 1 heterocycles. The fourth-order valence-electron chi connectivity index (χ4n) is 4.65. The van der Waals surface area contributed by atoms with Gasteiger partial charge in [0.05, 0.1) is 24.0 Å². The Kier molecular flexibility index (Phi) is 5.21. The fraction of sp³-hybridized carbons (Fsp3) is 0.222. The van der Waals surface area contributed by atoms with Crippen molar-refractivity contribution >= 4 is 17.2 Å². The van der Waals surface area contributed by atoms with E-state index in [0.717, 1.165) is 40.4 Å². The van der Waals surface area contributed by atoms with Gasteiger partial charge in [0.25, 0.3) is 0 Å². The molecule has 156 valence electrons. The quantitative estimate of drug-likeness (QED) is 0.548. The summed E-state index contributed by atoms with van der Waals surface area (Å²) in [5, 5.41) is 7.23. The monoisotopic (exact) mass is 410 g/mol. The summed E-state index contributed by atoms with van der Waals surface area (Å²) in [5.41, 5.74) is 6.08. The van der Waals surface area contributed by atoms with Crippen LogP contribution >= 0.6 is 0 Å². The zero-order chi connectivity index (χ0) is 21.2. The highest BCUT2D eigenvalue weighted by Gasteiger charge is 2.36. The van der Waals surface area contributed by atoms with E-state index in [0.29, 0.717) is 13.0 Å². The van der Waals surface area contributed by atoms with Crippen LogP contribution in [0.3, 0.4) is 0 Å². The maximum Gasteiger partial charge on any atom is 0.163 e. The summed E-state index contributed by atoms with van der Waals surface area (Å²) in [7, 11) is 0. The highest BCUT2D eigenvalue weighted by Crippen LogP contribution is 2.44. The molecule has 0 spiro atoms. The minimum absolute atomic E-state index is 0.181. The van der Waals surface area contributed by atoms with Gasteiger partial charge in [-0.25, -0.2) is 0 Å². The number of allylic oxidation sites excluding steroid dienone is 1. The zero-order valence-electron chi connectivity index (χ0n) is 17.6. The van der Waals surface area contributed by atoms with E-state index in [4.69, 9.17) is 4.74 Å². The van der Waals surface area contributed by atoms with Crippen molar-refractivity contribution in [2.45, 2.75) is 31.7 Å². The number of nitrogens with one attached hydrogen (secondary N) is 2. The summed E-state index contributed by atoms with van der Waals surface area (Å²) in [6, 6.07) is 26.3. The van der Waals surface area contributed by atoms with Gasteiger partial charge < -0.3 is 15.4 Å². The van der Waals surface area contributed by atoms with Crippen LogP contribution < -0.4 is 15.4 Å². The Morgan fingerprint density at radius 3 is 2.42 bits per heavy atom. The van der Waals surface area contributed by atoms with Crippen molar-refractivity contribution in [3.05, 3.63) is 101 Å². The molecule has 0 saturated carbocycles. The van der Waals surface area contributed by atoms with Crippen LogP contribution in [-0.2, 0) is 4.79 Å². The van der Waals surface area contributed by atoms with Gasteiger partial charge in [-0.3, -0.25) is 4.79 Å². The van der Waals surface area contributed by atoms with E-state index in [1.54, 1.807) is 0 Å². The molecule has 4 heteroatoms. The predicted molar refractivity (Wildman–Crippen MR) is 124 cm³/mol. The number of carbonyl (C=O) groups excluding carboxylic acids is 1. The topological polar surface area (TPSA) is 50.4 Å². The first kappa shape index (κ1) is 19.4. The van der Waals surface area contributed by atoms with Crippen LogP contribution in [0, 0.1) is 0 Å². The summed E-state index contributed by atoms with van der Waals surface area (Å²) in [4.78, 5) is 13.5. The van der Waals surface area contributed by atoms with Gasteiger partial charge in [-0.15, -0.1) is 0 Å². The molecule has 5 rings (SSSR count). The number of rotatable bonds is 4. The number of para-hydroxylation sites is 2. The van der Waals surface area contributed by atoms with E-state index in [1.165, 1.54) is 5.56 Å². The maximum absolute atomic E-state index is 13.5. The third-order valence-electron chi connectivity index (χ3n) is 6.08. The molecule has 0 unspecified atom stereocenters. The molecular weight excluding hydrogens is 384 g/mol. The summed E-state index contributed by atoms with van der Waals surface area (Å²) in [6.07, 6.45) is 1.33. The Morgan fingerprint density at radius 2 is 1.61 bits per heavy atom. The molecule has 2 N–H and O–H groups in total. The van der Waals surface area contributed by atoms with Crippen LogP contribution in [0.15, 0.2) is 90.1 Å². The molecule has 1 aliphatic heterocycles. The van der Waals surface area contributed by atoms with Gasteiger partial charge in [-0.05, 0) is 54.7 Å². The van der Waals surface area contributed by atoms with Crippen molar-refractivity contribution in [3.63, 3.8) is 0 Å². The average molecular weight is 411 g/mol. The molecule has 0 fully saturated rings. The number of benzene rings is 3. The Labute approximate surface area is 183 Å². The predicted octanol–water partition coefficient (Wildman–Crippen LogP) is 6.06. The normalized spacial score (nSPS) is 20.1. The maximum atomic E-state index is 13.5. The molecule has 0 bridgehead atoms. The minimum Gasteiger partial charge on any atom is -0.494 e. The molecule has 3 aromatic carbocycles. The van der Waals surface area contributed by atoms with Crippen LogP contribution in [-0.4, -0.2) is 12.4 Å². The van der Waals surface area contributed by atoms with Crippen molar-refractivity contribution in [1.29, 1.82) is 0 Å². The lowest BCUT2D eigenvalue weighted by molar-refractivity contribution is -0.116. The second-order valence-electron chi connectivity index (χ2n) is 8.08. The van der Waals surface area contributed by atoms with Gasteiger partial charge in [-0.2, -0.15) is 0 Å². The first-order valence-electron chi connectivity index (χ1n) is 10.9. The highest BCUT2D eigenvalue weighted by atomic mass is 16.5. The average Bonchev–Trinajstić information content (AvgIpc) is 2.97. The number of anilines is 2. The fourth-order valence-corrected chi connectivity index (χ4v) is 4.65. The molecule has 2 aliphatic rings. The van der Waals surface area contributed by atoms with Gasteiger partial charge >= 0.3 is 0 Å². The molecular formula is C27H26N2O2. The Balaban J connectivity index is 1.60. The van der Waals surface area contributed by atoms with Crippen molar-refractivity contribution in [3.8, 4) is 5.75 Å². The summed E-state index contributed by atoms with van der Waals surface area (Å²) in [5.74, 6) is 1.19. The van der Waals surface area contributed by atoms with Gasteiger partial charge in [0.2, 0.25) is 0 Å². The van der Waals surface area contributed by atoms with Gasteiger partial charge in [0.1, 0.15) is 5.75 Å². The molecule has 0 radical (unpaired) electrons. The second kappa shape index (κ2) is 8.31. The molecule has 0 aromatic heterocycles. The van der Waals surface area contributed by atoms with E-state index >= 15 is 0 Å². The molecule has 31 heavy (non-hydrogen) atoms. The van der Waals surface area contributed by atoms with E-state index in [1.807, 2.05) is 55.5 Å². The molecule has 3 aromatic rings. The van der Waals surface area contributed by atoms with E-state index in [9.17, 15) is 4.79 Å². The summed E-state index contributed by atoms with van der Waals surface area (Å²) in [6.45, 7) is 2.59. The number of ketones is 1. The molecule has 4 nitrogen and oxygen atoms in total. The lowest BCUT2D eigenvalue weighted by atomic mass is 9.78. The first-order valence-corrected chi connectivity index (χ1v) is 10.9. The molecule has 2 atom stereocenters. The SMILES string of the molecule is CCOc1cccc([C@H]2Nc3ccccc3NC3=C2C(=O)C[C@H](c2ccccc2)C3)c1. The van der Waals surface area contributed by atoms with E-state index < -0.39 is 0 Å².